The highest BCUT2D eigenvalue weighted by molar-refractivity contribution is 7.21. The number of nitrogens with one attached hydrogen (secondary N) is 2. The van der Waals surface area contributed by atoms with Crippen molar-refractivity contribution in [1.29, 1.82) is 0 Å². The van der Waals surface area contributed by atoms with Crippen molar-refractivity contribution in [2.24, 2.45) is 5.92 Å². The first kappa shape index (κ1) is 25.2. The second-order valence-electron chi connectivity index (χ2n) is 10.7. The third-order valence-corrected chi connectivity index (χ3v) is 8.32. The fourth-order valence-corrected chi connectivity index (χ4v) is 6.64. The summed E-state index contributed by atoms with van der Waals surface area (Å²) in [5, 5.41) is 18.0. The Labute approximate surface area is 226 Å². The molecule has 2 aromatic heterocycles. The maximum absolute atomic E-state index is 10.1. The van der Waals surface area contributed by atoms with E-state index in [2.05, 4.69) is 47.9 Å². The molecule has 4 atom stereocenters. The third kappa shape index (κ3) is 4.87. The summed E-state index contributed by atoms with van der Waals surface area (Å²) >= 11 is 1.63. The van der Waals surface area contributed by atoms with Crippen molar-refractivity contribution in [3.05, 3.63) is 65.4 Å². The molecule has 0 unspecified atom stereocenters. The van der Waals surface area contributed by atoms with Crippen LogP contribution in [0, 0.1) is 19.8 Å². The number of hydrogen-bond acceptors (Lipinski definition) is 9. The highest BCUT2D eigenvalue weighted by atomic mass is 32.1. The van der Waals surface area contributed by atoms with Crippen molar-refractivity contribution >= 4 is 33.3 Å². The van der Waals surface area contributed by atoms with Gasteiger partial charge in [0, 0.05) is 19.1 Å². The second-order valence-corrected chi connectivity index (χ2v) is 11.7. The summed E-state index contributed by atoms with van der Waals surface area (Å²) in [6, 6.07) is 16.4. The number of thiazole rings is 1. The molecule has 198 valence electrons. The van der Waals surface area contributed by atoms with Crippen molar-refractivity contribution in [3.63, 3.8) is 0 Å². The number of aliphatic hydroxyl groups excluding tert-OH is 1. The van der Waals surface area contributed by atoms with E-state index in [1.807, 2.05) is 39.0 Å². The SMILES string of the molecule is Cc1cccc(CNc2nc(C)c(-c3nc4ccccc4s3)c(N[C@@H]3C[C@H](CO)[C@H]4OC(C)(C)O[C@H]43)n2)c1. The van der Waals surface area contributed by atoms with Gasteiger partial charge in [-0.05, 0) is 51.8 Å². The average Bonchev–Trinajstić information content (AvgIpc) is 3.53. The maximum Gasteiger partial charge on any atom is 0.225 e. The van der Waals surface area contributed by atoms with Gasteiger partial charge in [-0.25, -0.2) is 9.97 Å². The Bertz CT molecular complexity index is 1440. The molecule has 8 nitrogen and oxygen atoms in total. The molecular weight excluding hydrogens is 498 g/mol. The zero-order valence-corrected chi connectivity index (χ0v) is 22.9. The van der Waals surface area contributed by atoms with Crippen LogP contribution in [0.25, 0.3) is 20.8 Å². The van der Waals surface area contributed by atoms with Gasteiger partial charge in [-0.1, -0.05) is 42.0 Å². The number of anilines is 2. The summed E-state index contributed by atoms with van der Waals surface area (Å²) in [5.74, 6) is 0.556. The summed E-state index contributed by atoms with van der Waals surface area (Å²) in [5.41, 5.74) is 5.06. The van der Waals surface area contributed by atoms with Crippen LogP contribution >= 0.6 is 11.3 Å². The number of ether oxygens (including phenoxy) is 2. The predicted octanol–water partition coefficient (Wildman–Crippen LogP) is 5.30. The number of aryl methyl sites for hydroxylation is 2. The van der Waals surface area contributed by atoms with Crippen molar-refractivity contribution in [1.82, 2.24) is 15.0 Å². The monoisotopic (exact) mass is 531 g/mol. The van der Waals surface area contributed by atoms with Crippen LogP contribution in [-0.2, 0) is 16.0 Å². The van der Waals surface area contributed by atoms with E-state index >= 15 is 0 Å². The molecule has 38 heavy (non-hydrogen) atoms. The first-order valence-corrected chi connectivity index (χ1v) is 13.9. The highest BCUT2D eigenvalue weighted by Gasteiger charge is 2.54. The number of hydrogen-bond donors (Lipinski definition) is 3. The summed E-state index contributed by atoms with van der Waals surface area (Å²) in [6.07, 6.45) is 0.362. The minimum absolute atomic E-state index is 0.00738. The third-order valence-electron chi connectivity index (χ3n) is 7.27. The van der Waals surface area contributed by atoms with Gasteiger partial charge >= 0.3 is 0 Å². The fraction of sp³-hybridized carbons (Fsp3) is 0.414. The van der Waals surface area contributed by atoms with Gasteiger partial charge in [0.25, 0.3) is 0 Å². The Morgan fingerprint density at radius 2 is 1.84 bits per heavy atom. The number of rotatable bonds is 7. The van der Waals surface area contributed by atoms with Gasteiger partial charge in [-0.3, -0.25) is 0 Å². The van der Waals surface area contributed by atoms with Gasteiger partial charge in [0.05, 0.1) is 33.6 Å². The van der Waals surface area contributed by atoms with E-state index in [0.29, 0.717) is 18.3 Å². The number of fused-ring (bicyclic) bond motifs is 2. The van der Waals surface area contributed by atoms with Crippen molar-refractivity contribution in [2.45, 2.75) is 64.7 Å². The number of aromatic nitrogens is 3. The van der Waals surface area contributed by atoms with Crippen LogP contribution in [0.3, 0.4) is 0 Å². The van der Waals surface area contributed by atoms with Gasteiger partial charge in [0.1, 0.15) is 16.9 Å². The van der Waals surface area contributed by atoms with Crippen LogP contribution in [0.2, 0.25) is 0 Å². The summed E-state index contributed by atoms with van der Waals surface area (Å²) < 4.78 is 13.6. The minimum atomic E-state index is -0.693. The molecule has 0 radical (unpaired) electrons. The summed E-state index contributed by atoms with van der Waals surface area (Å²) in [7, 11) is 0. The highest BCUT2D eigenvalue weighted by Crippen LogP contribution is 2.44. The van der Waals surface area contributed by atoms with Gasteiger partial charge in [-0.2, -0.15) is 4.98 Å². The number of para-hydroxylation sites is 1. The van der Waals surface area contributed by atoms with Crippen LogP contribution in [0.15, 0.2) is 48.5 Å². The van der Waals surface area contributed by atoms with Crippen molar-refractivity contribution in [3.8, 4) is 10.6 Å². The van der Waals surface area contributed by atoms with Gasteiger partial charge in [0.15, 0.2) is 5.79 Å². The molecule has 3 N–H and O–H groups in total. The lowest BCUT2D eigenvalue weighted by molar-refractivity contribution is -0.158. The van der Waals surface area contributed by atoms with Gasteiger partial charge in [-0.15, -0.1) is 11.3 Å². The Morgan fingerprint density at radius 1 is 1.03 bits per heavy atom. The van der Waals surface area contributed by atoms with Crippen LogP contribution < -0.4 is 10.6 Å². The van der Waals surface area contributed by atoms with E-state index < -0.39 is 5.79 Å². The van der Waals surface area contributed by atoms with E-state index in [0.717, 1.165) is 32.9 Å². The van der Waals surface area contributed by atoms with E-state index in [4.69, 9.17) is 24.4 Å². The molecule has 1 saturated heterocycles. The Morgan fingerprint density at radius 3 is 2.63 bits per heavy atom. The molecule has 1 saturated carbocycles. The smallest absolute Gasteiger partial charge is 0.225 e. The molecule has 9 heteroatoms. The lowest BCUT2D eigenvalue weighted by Gasteiger charge is -2.25. The molecule has 1 aliphatic carbocycles. The quantitative estimate of drug-likeness (QED) is 0.296. The molecule has 0 spiro atoms. The van der Waals surface area contributed by atoms with Crippen LogP contribution in [0.4, 0.5) is 11.8 Å². The molecule has 6 rings (SSSR count). The lowest BCUT2D eigenvalue weighted by atomic mass is 10.1. The van der Waals surface area contributed by atoms with E-state index in [-0.39, 0.29) is 30.8 Å². The molecule has 2 aliphatic rings. The lowest BCUT2D eigenvalue weighted by Crippen LogP contribution is -2.35. The molecule has 4 aromatic rings. The average molecular weight is 532 g/mol. The topological polar surface area (TPSA) is 101 Å². The second kappa shape index (κ2) is 9.89. The summed E-state index contributed by atoms with van der Waals surface area (Å²) in [4.78, 5) is 14.7. The molecular formula is C29H33N5O3S. The largest absolute Gasteiger partial charge is 0.396 e. The molecule has 2 aromatic carbocycles. The molecule has 3 heterocycles. The normalized spacial score (nSPS) is 24.0. The first-order valence-electron chi connectivity index (χ1n) is 13.1. The van der Waals surface area contributed by atoms with Crippen molar-refractivity contribution in [2.75, 3.05) is 17.2 Å². The van der Waals surface area contributed by atoms with Crippen LogP contribution in [0.5, 0.6) is 0 Å². The predicted molar refractivity (Wildman–Crippen MR) is 150 cm³/mol. The number of benzene rings is 2. The molecule has 1 aliphatic heterocycles. The summed E-state index contributed by atoms with van der Waals surface area (Å²) in [6.45, 7) is 8.60. The Balaban J connectivity index is 1.36. The molecule has 2 fully saturated rings. The zero-order valence-electron chi connectivity index (χ0n) is 22.1. The van der Waals surface area contributed by atoms with Crippen LogP contribution in [-0.4, -0.2) is 50.7 Å². The Hall–Kier alpha value is -3.11. The number of aliphatic hydroxyl groups is 1. The molecule has 0 amide bonds. The van der Waals surface area contributed by atoms with Crippen LogP contribution in [0.1, 0.15) is 37.1 Å². The molecule has 0 bridgehead atoms. The van der Waals surface area contributed by atoms with Gasteiger partial charge in [0.2, 0.25) is 5.95 Å². The first-order chi connectivity index (χ1) is 18.3. The van der Waals surface area contributed by atoms with Crippen molar-refractivity contribution < 1.29 is 14.6 Å². The Kier molecular flexibility index (Phi) is 6.55. The standard InChI is InChI=1S/C29H33N5O3S/c1-16-8-7-9-18(12-16)14-30-28-31-17(2)23(27-33-20-10-5-6-11-22(20)38-27)26(34-28)32-21-13-19(15-35)24-25(21)37-29(3,4)36-24/h5-12,19,21,24-25,35H,13-15H2,1-4H3,(H2,30,31,32,34)/t19-,21-,24-,25+/m1/s1. The van der Waals surface area contributed by atoms with Gasteiger partial charge < -0.3 is 25.2 Å². The maximum atomic E-state index is 10.1. The van der Waals surface area contributed by atoms with E-state index in [9.17, 15) is 5.11 Å². The minimum Gasteiger partial charge on any atom is -0.396 e. The van der Waals surface area contributed by atoms with E-state index in [1.54, 1.807) is 11.3 Å². The number of nitrogens with zero attached hydrogens (tertiary/aromatic N) is 3. The zero-order chi connectivity index (χ0) is 26.4. The fourth-order valence-electron chi connectivity index (χ4n) is 5.58. The van der Waals surface area contributed by atoms with E-state index in [1.165, 1.54) is 11.1 Å².